The molecule has 1 aromatic carbocycles. The number of rotatable bonds is 5. The summed E-state index contributed by atoms with van der Waals surface area (Å²) in [5.74, 6) is -0.897. The molecule has 0 amide bonds. The van der Waals surface area contributed by atoms with E-state index in [1.807, 2.05) is 25.2 Å². The average molecular weight is 266 g/mol. The first-order valence-electron chi connectivity index (χ1n) is 6.18. The highest BCUT2D eigenvalue weighted by Gasteiger charge is 2.37. The van der Waals surface area contributed by atoms with Crippen LogP contribution in [0, 0.1) is 0 Å². The number of benzene rings is 1. The van der Waals surface area contributed by atoms with Gasteiger partial charge in [0, 0.05) is 0 Å². The third-order valence-electron chi connectivity index (χ3n) is 3.90. The number of hydrogen-bond donors (Lipinski definition) is 2. The highest BCUT2D eigenvalue weighted by atomic mass is 28.4. The van der Waals surface area contributed by atoms with Crippen LogP contribution in [0.25, 0.3) is 0 Å². The molecule has 0 aromatic heterocycles. The lowest BCUT2D eigenvalue weighted by atomic mass is 10.0. The predicted molar refractivity (Wildman–Crippen MR) is 75.5 cm³/mol. The fraction of sp³-hybridized carbons (Fsp3) is 0.500. The molecule has 0 spiro atoms. The molecular weight excluding hydrogens is 244 g/mol. The molecule has 0 bridgehead atoms. The Bertz CT molecular complexity index is 416. The number of carboxylic acid groups (broad SMARTS) is 1. The quantitative estimate of drug-likeness (QED) is 0.804. The maximum Gasteiger partial charge on any atom is 0.335 e. The van der Waals surface area contributed by atoms with Gasteiger partial charge in [0.25, 0.3) is 0 Å². The number of aryl methyl sites for hydroxylation is 1. The van der Waals surface area contributed by atoms with E-state index in [1.165, 1.54) is 0 Å². The number of carboxylic acids is 1. The van der Waals surface area contributed by atoms with Crippen molar-refractivity contribution in [1.29, 1.82) is 0 Å². The van der Waals surface area contributed by atoms with Crippen LogP contribution in [-0.4, -0.2) is 24.2 Å². The maximum absolute atomic E-state index is 10.7. The first kappa shape index (κ1) is 14.9. The van der Waals surface area contributed by atoms with E-state index >= 15 is 0 Å². The van der Waals surface area contributed by atoms with Crippen molar-refractivity contribution in [2.45, 2.75) is 44.8 Å². The molecule has 100 valence electrons. The van der Waals surface area contributed by atoms with Crippen molar-refractivity contribution in [3.63, 3.8) is 0 Å². The molecular formula is C14H22O3Si. The van der Waals surface area contributed by atoms with E-state index in [0.717, 1.165) is 18.4 Å². The summed E-state index contributed by atoms with van der Waals surface area (Å²) < 4.78 is 0. The van der Waals surface area contributed by atoms with Crippen molar-refractivity contribution < 1.29 is 14.7 Å². The monoisotopic (exact) mass is 266 g/mol. The zero-order valence-electron chi connectivity index (χ0n) is 11.5. The summed E-state index contributed by atoms with van der Waals surface area (Å²) in [7, 11) is -2.16. The van der Waals surface area contributed by atoms with Gasteiger partial charge in [0.05, 0.1) is 5.56 Å². The third kappa shape index (κ3) is 3.68. The Balaban J connectivity index is 2.67. The molecule has 18 heavy (non-hydrogen) atoms. The lowest BCUT2D eigenvalue weighted by molar-refractivity contribution is 0.0697. The van der Waals surface area contributed by atoms with Gasteiger partial charge in [-0.3, -0.25) is 0 Å². The molecule has 1 rings (SSSR count). The van der Waals surface area contributed by atoms with Crippen molar-refractivity contribution in [3.05, 3.63) is 35.4 Å². The van der Waals surface area contributed by atoms with Gasteiger partial charge in [0.2, 0.25) is 0 Å². The topological polar surface area (TPSA) is 57.5 Å². The zero-order valence-corrected chi connectivity index (χ0v) is 12.5. The van der Waals surface area contributed by atoms with Crippen LogP contribution in [0.5, 0.6) is 0 Å². The van der Waals surface area contributed by atoms with Crippen molar-refractivity contribution in [3.8, 4) is 0 Å². The molecule has 0 fully saturated rings. The molecule has 0 unspecified atom stereocenters. The summed E-state index contributed by atoms with van der Waals surface area (Å²) in [6, 6.07) is 6.97. The van der Waals surface area contributed by atoms with E-state index in [4.69, 9.17) is 5.11 Å². The standard InChI is InChI=1S/C14H22O3Si/c1-14(2,18(3,4)17)10-9-11-5-7-12(8-6-11)13(15)16/h5-8,17H,9-10H2,1-4H3,(H,15,16). The Morgan fingerprint density at radius 2 is 1.72 bits per heavy atom. The van der Waals surface area contributed by atoms with Crippen LogP contribution in [0.2, 0.25) is 18.1 Å². The van der Waals surface area contributed by atoms with E-state index in [1.54, 1.807) is 12.1 Å². The minimum absolute atomic E-state index is 0.0432. The van der Waals surface area contributed by atoms with Gasteiger partial charge in [-0.25, -0.2) is 4.79 Å². The molecule has 0 atom stereocenters. The van der Waals surface area contributed by atoms with Crippen LogP contribution in [0.1, 0.15) is 36.2 Å². The van der Waals surface area contributed by atoms with E-state index in [2.05, 4.69) is 13.8 Å². The summed E-state index contributed by atoms with van der Waals surface area (Å²) >= 11 is 0. The lowest BCUT2D eigenvalue weighted by Gasteiger charge is -2.35. The van der Waals surface area contributed by atoms with Gasteiger partial charge >= 0.3 is 5.97 Å². The van der Waals surface area contributed by atoms with Crippen molar-refractivity contribution >= 4 is 14.3 Å². The van der Waals surface area contributed by atoms with Crippen molar-refractivity contribution in [2.24, 2.45) is 0 Å². The summed E-state index contributed by atoms with van der Waals surface area (Å²) in [5, 5.41) is 8.77. The summed E-state index contributed by atoms with van der Waals surface area (Å²) in [4.78, 5) is 20.9. The molecule has 0 saturated heterocycles. The first-order valence-corrected chi connectivity index (χ1v) is 9.13. The zero-order chi connectivity index (χ0) is 14.0. The van der Waals surface area contributed by atoms with Crippen molar-refractivity contribution in [1.82, 2.24) is 0 Å². The molecule has 0 aliphatic rings. The Morgan fingerprint density at radius 3 is 2.11 bits per heavy atom. The van der Waals surface area contributed by atoms with E-state index in [9.17, 15) is 9.59 Å². The molecule has 0 aliphatic heterocycles. The van der Waals surface area contributed by atoms with Crippen LogP contribution in [0.4, 0.5) is 0 Å². The van der Waals surface area contributed by atoms with E-state index in [0.29, 0.717) is 5.56 Å². The second kappa shape index (κ2) is 5.24. The molecule has 4 heteroatoms. The lowest BCUT2D eigenvalue weighted by Crippen LogP contribution is -2.39. The maximum atomic E-state index is 10.7. The van der Waals surface area contributed by atoms with Gasteiger partial charge in [-0.1, -0.05) is 26.0 Å². The Morgan fingerprint density at radius 1 is 1.22 bits per heavy atom. The molecule has 0 radical (unpaired) electrons. The number of aromatic carboxylic acids is 1. The molecule has 0 heterocycles. The van der Waals surface area contributed by atoms with Gasteiger partial charge in [-0.2, -0.15) is 0 Å². The third-order valence-corrected chi connectivity index (χ3v) is 7.46. The fourth-order valence-corrected chi connectivity index (χ4v) is 2.31. The Kier molecular flexibility index (Phi) is 4.35. The summed E-state index contributed by atoms with van der Waals surface area (Å²) in [6.07, 6.45) is 1.78. The fourth-order valence-electron chi connectivity index (χ4n) is 1.58. The highest BCUT2D eigenvalue weighted by Crippen LogP contribution is 2.39. The second-order valence-corrected chi connectivity index (χ2v) is 10.4. The number of hydrogen-bond acceptors (Lipinski definition) is 2. The van der Waals surface area contributed by atoms with Gasteiger partial charge in [-0.15, -0.1) is 0 Å². The molecule has 1 aromatic rings. The summed E-state index contributed by atoms with van der Waals surface area (Å²) in [6.45, 7) is 8.12. The Labute approximate surface area is 110 Å². The van der Waals surface area contributed by atoms with Gasteiger partial charge < -0.3 is 9.90 Å². The molecule has 0 aliphatic carbocycles. The normalized spacial score (nSPS) is 12.5. The van der Waals surface area contributed by atoms with Gasteiger partial charge in [-0.05, 0) is 48.7 Å². The first-order chi connectivity index (χ1) is 8.13. The van der Waals surface area contributed by atoms with Gasteiger partial charge in [0.15, 0.2) is 8.32 Å². The van der Waals surface area contributed by atoms with Crippen molar-refractivity contribution in [2.75, 3.05) is 0 Å². The van der Waals surface area contributed by atoms with Crippen LogP contribution in [0.15, 0.2) is 24.3 Å². The predicted octanol–water partition coefficient (Wildman–Crippen LogP) is 3.30. The minimum atomic E-state index is -2.16. The highest BCUT2D eigenvalue weighted by molar-refractivity contribution is 6.72. The summed E-state index contributed by atoms with van der Waals surface area (Å²) in [5.41, 5.74) is 1.43. The average Bonchev–Trinajstić information content (AvgIpc) is 2.25. The SMILES string of the molecule is CC(C)(CCc1ccc(C(=O)O)cc1)[Si](C)(C)O. The van der Waals surface area contributed by atoms with Crippen LogP contribution >= 0.6 is 0 Å². The van der Waals surface area contributed by atoms with E-state index in [-0.39, 0.29) is 5.04 Å². The largest absolute Gasteiger partial charge is 0.478 e. The van der Waals surface area contributed by atoms with Crippen LogP contribution in [-0.2, 0) is 6.42 Å². The van der Waals surface area contributed by atoms with Crippen LogP contribution < -0.4 is 0 Å². The van der Waals surface area contributed by atoms with E-state index < -0.39 is 14.3 Å². The van der Waals surface area contributed by atoms with Crippen LogP contribution in [0.3, 0.4) is 0 Å². The Hall–Kier alpha value is -1.13. The molecule has 0 saturated carbocycles. The smallest absolute Gasteiger partial charge is 0.335 e. The number of carbonyl (C=O) groups is 1. The second-order valence-electron chi connectivity index (χ2n) is 5.94. The van der Waals surface area contributed by atoms with Gasteiger partial charge in [0.1, 0.15) is 0 Å². The molecule has 2 N–H and O–H groups in total. The minimum Gasteiger partial charge on any atom is -0.478 e. The molecule has 3 nitrogen and oxygen atoms in total.